The molecule has 18 heavy (non-hydrogen) atoms. The first-order chi connectivity index (χ1) is 8.36. The van der Waals surface area contributed by atoms with E-state index in [9.17, 15) is 17.6 Å². The monoisotopic (exact) mass is 264 g/mol. The summed E-state index contributed by atoms with van der Waals surface area (Å²) in [7, 11) is 0. The van der Waals surface area contributed by atoms with E-state index in [2.05, 4.69) is 0 Å². The fourth-order valence-corrected chi connectivity index (χ4v) is 1.76. The van der Waals surface area contributed by atoms with Crippen molar-refractivity contribution in [1.29, 1.82) is 0 Å². The molecule has 0 aliphatic carbocycles. The van der Waals surface area contributed by atoms with Gasteiger partial charge in [0.05, 0.1) is 5.56 Å². The van der Waals surface area contributed by atoms with Crippen molar-refractivity contribution in [3.8, 4) is 0 Å². The van der Waals surface area contributed by atoms with Crippen LogP contribution in [0.3, 0.4) is 0 Å². The molecule has 1 rings (SSSR count). The molecule has 0 unspecified atom stereocenters. The molecule has 0 bridgehead atoms. The number of hydrogen-bond donors (Lipinski definition) is 2. The Bertz CT molecular complexity index is 390. The lowest BCUT2D eigenvalue weighted by Crippen LogP contribution is -2.18. The van der Waals surface area contributed by atoms with Gasteiger partial charge in [0.1, 0.15) is 5.82 Å². The SMILES string of the molecule is NCCCC[C@@H](N)c1cc(F)ccc1C(F)(F)F. The lowest BCUT2D eigenvalue weighted by molar-refractivity contribution is -0.138. The van der Waals surface area contributed by atoms with Crippen molar-refractivity contribution in [3.05, 3.63) is 35.1 Å². The minimum atomic E-state index is -4.52. The summed E-state index contributed by atoms with van der Waals surface area (Å²) >= 11 is 0. The normalized spacial score (nSPS) is 13.7. The van der Waals surface area contributed by atoms with Gasteiger partial charge in [-0.05, 0) is 43.1 Å². The zero-order chi connectivity index (χ0) is 13.8. The molecular formula is C12H16F4N2. The van der Waals surface area contributed by atoms with E-state index in [1.807, 2.05) is 0 Å². The summed E-state index contributed by atoms with van der Waals surface area (Å²) in [4.78, 5) is 0. The molecule has 0 saturated carbocycles. The van der Waals surface area contributed by atoms with Crippen LogP contribution < -0.4 is 11.5 Å². The van der Waals surface area contributed by atoms with Gasteiger partial charge in [0, 0.05) is 6.04 Å². The Morgan fingerprint density at radius 2 is 1.83 bits per heavy atom. The Morgan fingerprint density at radius 1 is 1.17 bits per heavy atom. The van der Waals surface area contributed by atoms with Gasteiger partial charge >= 0.3 is 6.18 Å². The summed E-state index contributed by atoms with van der Waals surface area (Å²) in [6.45, 7) is 0.460. The van der Waals surface area contributed by atoms with E-state index in [0.29, 0.717) is 25.8 Å². The number of benzene rings is 1. The predicted octanol–water partition coefficient (Wildman–Crippen LogP) is 2.97. The molecule has 1 aromatic carbocycles. The largest absolute Gasteiger partial charge is 0.416 e. The first-order valence-corrected chi connectivity index (χ1v) is 5.68. The average Bonchev–Trinajstić information content (AvgIpc) is 2.27. The summed E-state index contributed by atoms with van der Waals surface area (Å²) in [6, 6.07) is 1.55. The van der Waals surface area contributed by atoms with E-state index < -0.39 is 23.6 Å². The maximum atomic E-state index is 13.0. The lowest BCUT2D eigenvalue weighted by atomic mass is 9.96. The van der Waals surface area contributed by atoms with Crippen LogP contribution in [0, 0.1) is 5.82 Å². The van der Waals surface area contributed by atoms with Crippen LogP contribution in [0.25, 0.3) is 0 Å². The molecule has 0 amide bonds. The van der Waals surface area contributed by atoms with Crippen LogP contribution in [0.15, 0.2) is 18.2 Å². The van der Waals surface area contributed by atoms with E-state index in [-0.39, 0.29) is 5.56 Å². The zero-order valence-electron chi connectivity index (χ0n) is 9.80. The third-order valence-electron chi connectivity index (χ3n) is 2.69. The third-order valence-corrected chi connectivity index (χ3v) is 2.69. The van der Waals surface area contributed by atoms with E-state index in [1.54, 1.807) is 0 Å². The Balaban J connectivity index is 2.94. The van der Waals surface area contributed by atoms with Gasteiger partial charge < -0.3 is 11.5 Å². The molecule has 0 spiro atoms. The second-order valence-corrected chi connectivity index (χ2v) is 4.12. The highest BCUT2D eigenvalue weighted by Crippen LogP contribution is 2.35. The van der Waals surface area contributed by atoms with Crippen LogP contribution in [-0.4, -0.2) is 6.54 Å². The molecule has 0 aliphatic heterocycles. The molecular weight excluding hydrogens is 248 g/mol. The van der Waals surface area contributed by atoms with Crippen LogP contribution >= 0.6 is 0 Å². The Kier molecular flexibility index (Phi) is 5.10. The van der Waals surface area contributed by atoms with Gasteiger partial charge in [-0.3, -0.25) is 0 Å². The lowest BCUT2D eigenvalue weighted by Gasteiger charge is -2.18. The zero-order valence-corrected chi connectivity index (χ0v) is 9.80. The third kappa shape index (κ3) is 3.96. The average molecular weight is 264 g/mol. The van der Waals surface area contributed by atoms with E-state index in [1.165, 1.54) is 0 Å². The molecule has 6 heteroatoms. The fraction of sp³-hybridized carbons (Fsp3) is 0.500. The minimum Gasteiger partial charge on any atom is -0.330 e. The van der Waals surface area contributed by atoms with Gasteiger partial charge in [0.15, 0.2) is 0 Å². The highest BCUT2D eigenvalue weighted by atomic mass is 19.4. The topological polar surface area (TPSA) is 52.0 Å². The Morgan fingerprint density at radius 3 is 2.39 bits per heavy atom. The van der Waals surface area contributed by atoms with Gasteiger partial charge in [0.25, 0.3) is 0 Å². The van der Waals surface area contributed by atoms with Crippen molar-refractivity contribution in [2.45, 2.75) is 31.5 Å². The first kappa shape index (κ1) is 14.9. The molecule has 0 aromatic heterocycles. The molecule has 1 atom stereocenters. The van der Waals surface area contributed by atoms with Gasteiger partial charge in [-0.25, -0.2) is 4.39 Å². The van der Waals surface area contributed by atoms with Crippen molar-refractivity contribution in [2.24, 2.45) is 11.5 Å². The van der Waals surface area contributed by atoms with Crippen molar-refractivity contribution in [2.75, 3.05) is 6.54 Å². The molecule has 2 nitrogen and oxygen atoms in total. The molecule has 0 aliphatic rings. The number of unbranched alkanes of at least 4 members (excludes halogenated alkanes) is 1. The van der Waals surface area contributed by atoms with Crippen molar-refractivity contribution in [1.82, 2.24) is 0 Å². The van der Waals surface area contributed by atoms with Crippen molar-refractivity contribution < 1.29 is 17.6 Å². The first-order valence-electron chi connectivity index (χ1n) is 5.68. The Labute approximate surface area is 103 Å². The molecule has 0 heterocycles. The van der Waals surface area contributed by atoms with Crippen molar-refractivity contribution in [3.63, 3.8) is 0 Å². The number of nitrogens with two attached hydrogens (primary N) is 2. The predicted molar refractivity (Wildman–Crippen MR) is 61.2 cm³/mol. The van der Waals surface area contributed by atoms with Crippen LogP contribution in [-0.2, 0) is 6.18 Å². The molecule has 0 saturated heterocycles. The second-order valence-electron chi connectivity index (χ2n) is 4.12. The standard InChI is InChI=1S/C12H16F4N2/c13-8-4-5-10(12(14,15)16)9(7-8)11(18)3-1-2-6-17/h4-5,7,11H,1-3,6,17-18H2/t11-/m1/s1. The highest BCUT2D eigenvalue weighted by molar-refractivity contribution is 5.32. The van der Waals surface area contributed by atoms with Gasteiger partial charge in [0.2, 0.25) is 0 Å². The maximum Gasteiger partial charge on any atom is 0.416 e. The summed E-state index contributed by atoms with van der Waals surface area (Å²) in [5.41, 5.74) is 9.92. The molecule has 0 radical (unpaired) electrons. The smallest absolute Gasteiger partial charge is 0.330 e. The van der Waals surface area contributed by atoms with Crippen LogP contribution in [0.2, 0.25) is 0 Å². The summed E-state index contributed by atoms with van der Waals surface area (Å²) in [5.74, 6) is -0.715. The molecule has 0 fully saturated rings. The Hall–Kier alpha value is -1.14. The van der Waals surface area contributed by atoms with Gasteiger partial charge in [-0.2, -0.15) is 13.2 Å². The number of alkyl halides is 3. The summed E-state index contributed by atoms with van der Waals surface area (Å²) < 4.78 is 51.2. The highest BCUT2D eigenvalue weighted by Gasteiger charge is 2.34. The van der Waals surface area contributed by atoms with E-state index in [0.717, 1.165) is 18.2 Å². The summed E-state index contributed by atoms with van der Waals surface area (Å²) in [6.07, 6.45) is -2.87. The second kappa shape index (κ2) is 6.15. The number of hydrogen-bond acceptors (Lipinski definition) is 2. The van der Waals surface area contributed by atoms with Crippen LogP contribution in [0.5, 0.6) is 0 Å². The van der Waals surface area contributed by atoms with Gasteiger partial charge in [-0.15, -0.1) is 0 Å². The maximum absolute atomic E-state index is 13.0. The van der Waals surface area contributed by atoms with Gasteiger partial charge in [-0.1, -0.05) is 6.42 Å². The molecule has 4 N–H and O–H groups in total. The van der Waals surface area contributed by atoms with Crippen molar-refractivity contribution >= 4 is 0 Å². The van der Waals surface area contributed by atoms with Crippen LogP contribution in [0.4, 0.5) is 17.6 Å². The van der Waals surface area contributed by atoms with Crippen LogP contribution in [0.1, 0.15) is 36.4 Å². The van der Waals surface area contributed by atoms with E-state index in [4.69, 9.17) is 11.5 Å². The van der Waals surface area contributed by atoms with E-state index >= 15 is 0 Å². The number of rotatable bonds is 5. The molecule has 1 aromatic rings. The number of halogens is 4. The minimum absolute atomic E-state index is 0.195. The quantitative estimate of drug-likeness (QED) is 0.634. The summed E-state index contributed by atoms with van der Waals surface area (Å²) in [5, 5.41) is 0. The fourth-order valence-electron chi connectivity index (χ4n) is 1.76. The molecule has 102 valence electrons.